The molecule has 9 heteroatoms. The summed E-state index contributed by atoms with van der Waals surface area (Å²) in [6.07, 6.45) is 1.52. The van der Waals surface area contributed by atoms with E-state index < -0.39 is 12.1 Å². The topological polar surface area (TPSA) is 107 Å². The van der Waals surface area contributed by atoms with Crippen LogP contribution >= 0.6 is 23.2 Å². The van der Waals surface area contributed by atoms with Gasteiger partial charge in [0.2, 0.25) is 0 Å². The number of nitrogens with zero attached hydrogens (tertiary/aromatic N) is 2. The van der Waals surface area contributed by atoms with Crippen LogP contribution in [0.3, 0.4) is 0 Å². The fraction of sp³-hybridized carbons (Fsp3) is 0.261. The average Bonchev–Trinajstić information content (AvgIpc) is 3.22. The van der Waals surface area contributed by atoms with Crippen molar-refractivity contribution in [2.75, 3.05) is 13.7 Å². The van der Waals surface area contributed by atoms with Crippen LogP contribution in [0.15, 0.2) is 42.6 Å². The van der Waals surface area contributed by atoms with Crippen LogP contribution in [0.5, 0.6) is 5.75 Å². The summed E-state index contributed by atoms with van der Waals surface area (Å²) in [5.41, 5.74) is 1.41. The maximum Gasteiger partial charge on any atom is 0.255 e. The minimum absolute atomic E-state index is 0.219. The van der Waals surface area contributed by atoms with Gasteiger partial charge in [-0.3, -0.25) is 4.79 Å². The largest absolute Gasteiger partial charge is 0.496 e. The first-order chi connectivity index (χ1) is 15.4. The fourth-order valence-electron chi connectivity index (χ4n) is 3.96. The molecule has 1 fully saturated rings. The molecular formula is C23H20Cl2N4O3. The van der Waals surface area contributed by atoms with Crippen molar-refractivity contribution in [3.05, 3.63) is 69.5 Å². The number of hydrogen-bond acceptors (Lipinski definition) is 6. The predicted octanol–water partition coefficient (Wildman–Crippen LogP) is 3.62. The van der Waals surface area contributed by atoms with Crippen LogP contribution in [0.25, 0.3) is 10.8 Å². The number of benzene rings is 2. The average molecular weight is 471 g/mol. The number of nitriles is 1. The third kappa shape index (κ3) is 4.36. The number of ether oxygens (including phenoxy) is 1. The lowest BCUT2D eigenvalue weighted by molar-refractivity contribution is 0.0923. The Morgan fingerprint density at radius 2 is 2.16 bits per heavy atom. The summed E-state index contributed by atoms with van der Waals surface area (Å²) in [4.78, 5) is 17.4. The van der Waals surface area contributed by atoms with Crippen LogP contribution in [0.2, 0.25) is 10.2 Å². The molecular weight excluding hydrogens is 451 g/mol. The van der Waals surface area contributed by atoms with Crippen LogP contribution in [0, 0.1) is 11.3 Å². The quantitative estimate of drug-likeness (QED) is 0.491. The van der Waals surface area contributed by atoms with E-state index in [2.05, 4.69) is 15.6 Å². The highest BCUT2D eigenvalue weighted by Gasteiger charge is 2.32. The molecule has 0 unspecified atom stereocenters. The van der Waals surface area contributed by atoms with Crippen molar-refractivity contribution in [1.82, 2.24) is 15.6 Å². The molecule has 0 radical (unpaired) electrons. The van der Waals surface area contributed by atoms with Crippen molar-refractivity contribution in [2.45, 2.75) is 24.6 Å². The van der Waals surface area contributed by atoms with E-state index in [9.17, 15) is 15.2 Å². The molecule has 32 heavy (non-hydrogen) atoms. The minimum Gasteiger partial charge on any atom is -0.496 e. The molecule has 3 atom stereocenters. The summed E-state index contributed by atoms with van der Waals surface area (Å²) in [7, 11) is 1.48. The highest BCUT2D eigenvalue weighted by molar-refractivity contribution is 6.34. The molecule has 1 amide bonds. The zero-order valence-electron chi connectivity index (χ0n) is 17.1. The molecule has 1 aromatic heterocycles. The zero-order valence-corrected chi connectivity index (χ0v) is 18.6. The van der Waals surface area contributed by atoms with Gasteiger partial charge in [-0.2, -0.15) is 5.26 Å². The Morgan fingerprint density at radius 1 is 1.34 bits per heavy atom. The van der Waals surface area contributed by atoms with Crippen LogP contribution in [-0.2, 0) is 0 Å². The third-order valence-electron chi connectivity index (χ3n) is 5.58. The number of aliphatic hydroxyl groups is 1. The highest BCUT2D eigenvalue weighted by Crippen LogP contribution is 2.31. The van der Waals surface area contributed by atoms with Gasteiger partial charge in [-0.05, 0) is 47.7 Å². The summed E-state index contributed by atoms with van der Waals surface area (Å²) in [5, 5.41) is 27.5. The van der Waals surface area contributed by atoms with E-state index in [0.717, 1.165) is 10.9 Å². The van der Waals surface area contributed by atoms with Crippen LogP contribution in [0.1, 0.15) is 33.9 Å². The molecule has 1 saturated heterocycles. The molecule has 3 aromatic rings. The van der Waals surface area contributed by atoms with Crippen LogP contribution in [-0.4, -0.2) is 41.8 Å². The molecule has 0 aliphatic carbocycles. The number of carbonyl (C=O) groups is 1. The first kappa shape index (κ1) is 22.3. The number of halogens is 2. The summed E-state index contributed by atoms with van der Waals surface area (Å²) in [6, 6.07) is 11.5. The van der Waals surface area contributed by atoms with Crippen molar-refractivity contribution in [3.63, 3.8) is 0 Å². The number of aliphatic hydroxyl groups excluding tert-OH is 1. The van der Waals surface area contributed by atoms with E-state index in [0.29, 0.717) is 45.4 Å². The number of carbonyl (C=O) groups excluding carboxylic acids is 1. The SMILES string of the molecule is COc1cc2c(Cl)nccc2cc1C(=O)N[C@@H](c1ccc(C#N)c(Cl)c1)[C@H]1C[C@H](O)CN1. The number of aromatic nitrogens is 1. The summed E-state index contributed by atoms with van der Waals surface area (Å²) in [6.45, 7) is 0.422. The van der Waals surface area contributed by atoms with E-state index in [-0.39, 0.29) is 11.9 Å². The summed E-state index contributed by atoms with van der Waals surface area (Å²) in [5.74, 6) is 0.00582. The van der Waals surface area contributed by atoms with Gasteiger partial charge < -0.3 is 20.5 Å². The molecule has 2 aromatic carbocycles. The van der Waals surface area contributed by atoms with E-state index in [4.69, 9.17) is 27.9 Å². The van der Waals surface area contributed by atoms with Crippen molar-refractivity contribution < 1.29 is 14.6 Å². The Hall–Kier alpha value is -2.89. The number of rotatable bonds is 5. The molecule has 1 aliphatic heterocycles. The van der Waals surface area contributed by atoms with E-state index in [1.807, 2.05) is 6.07 Å². The number of methoxy groups -OCH3 is 1. The van der Waals surface area contributed by atoms with E-state index >= 15 is 0 Å². The normalized spacial score (nSPS) is 18.8. The van der Waals surface area contributed by atoms with E-state index in [1.165, 1.54) is 7.11 Å². The standard InChI is InChI=1S/C23H20Cl2N4O3/c1-32-20-9-16-12(4-5-27-22(16)25)6-17(20)23(31)29-21(19-8-15(30)11-28-19)13-2-3-14(10-26)18(24)7-13/h2-7,9,15,19,21,28,30H,8,11H2,1H3,(H,29,31)/t15-,19+,21-/m0/s1. The zero-order chi connectivity index (χ0) is 22.8. The second-order valence-corrected chi connectivity index (χ2v) is 8.35. The number of β-amino-alcohol motifs (C(OH)–C–C–N with tert-alkyl or cyclic N) is 1. The Balaban J connectivity index is 1.72. The van der Waals surface area contributed by atoms with Crippen molar-refractivity contribution in [3.8, 4) is 11.8 Å². The lowest BCUT2D eigenvalue weighted by Crippen LogP contribution is -2.41. The monoisotopic (exact) mass is 470 g/mol. The third-order valence-corrected chi connectivity index (χ3v) is 6.20. The first-order valence-corrected chi connectivity index (χ1v) is 10.7. The second-order valence-electron chi connectivity index (χ2n) is 7.58. The molecule has 2 heterocycles. The van der Waals surface area contributed by atoms with Crippen molar-refractivity contribution >= 4 is 39.9 Å². The molecule has 3 N–H and O–H groups in total. The molecule has 4 rings (SSSR count). The molecule has 7 nitrogen and oxygen atoms in total. The summed E-state index contributed by atoms with van der Waals surface area (Å²) >= 11 is 12.4. The van der Waals surface area contributed by atoms with Gasteiger partial charge >= 0.3 is 0 Å². The first-order valence-electron chi connectivity index (χ1n) is 9.95. The smallest absolute Gasteiger partial charge is 0.255 e. The number of pyridine rings is 1. The van der Waals surface area contributed by atoms with Crippen LogP contribution < -0.4 is 15.4 Å². The summed E-state index contributed by atoms with van der Waals surface area (Å²) < 4.78 is 5.45. The maximum absolute atomic E-state index is 13.4. The fourth-order valence-corrected chi connectivity index (χ4v) is 4.42. The Labute approximate surface area is 194 Å². The van der Waals surface area contributed by atoms with E-state index in [1.54, 1.807) is 42.6 Å². The Kier molecular flexibility index (Phi) is 6.49. The van der Waals surface area contributed by atoms with Gasteiger partial charge in [-0.1, -0.05) is 29.3 Å². The highest BCUT2D eigenvalue weighted by atomic mass is 35.5. The second kappa shape index (κ2) is 9.31. The maximum atomic E-state index is 13.4. The molecule has 1 aliphatic rings. The van der Waals surface area contributed by atoms with Gasteiger partial charge in [-0.15, -0.1) is 0 Å². The lowest BCUT2D eigenvalue weighted by Gasteiger charge is -2.26. The van der Waals surface area contributed by atoms with Gasteiger partial charge in [0, 0.05) is 24.2 Å². The number of nitrogens with one attached hydrogen (secondary N) is 2. The number of fused-ring (bicyclic) bond motifs is 1. The van der Waals surface area contributed by atoms with Crippen LogP contribution in [0.4, 0.5) is 0 Å². The van der Waals surface area contributed by atoms with Crippen molar-refractivity contribution in [1.29, 1.82) is 5.26 Å². The number of amides is 1. The lowest BCUT2D eigenvalue weighted by atomic mass is 9.96. The number of hydrogen-bond donors (Lipinski definition) is 3. The molecule has 0 spiro atoms. The van der Waals surface area contributed by atoms with Gasteiger partial charge in [0.15, 0.2) is 0 Å². The molecule has 164 valence electrons. The molecule has 0 saturated carbocycles. The minimum atomic E-state index is -0.516. The van der Waals surface area contributed by atoms with Gasteiger partial charge in [0.05, 0.1) is 35.4 Å². The van der Waals surface area contributed by atoms with Gasteiger partial charge in [0.1, 0.15) is 17.0 Å². The predicted molar refractivity (Wildman–Crippen MR) is 122 cm³/mol. The van der Waals surface area contributed by atoms with Gasteiger partial charge in [-0.25, -0.2) is 4.98 Å². The van der Waals surface area contributed by atoms with Crippen molar-refractivity contribution in [2.24, 2.45) is 0 Å². The molecule has 0 bridgehead atoms. The Bertz CT molecular complexity index is 1230. The Morgan fingerprint density at radius 3 is 2.81 bits per heavy atom. The van der Waals surface area contributed by atoms with Gasteiger partial charge in [0.25, 0.3) is 5.91 Å².